The number of hydrazine groups is 1. The minimum Gasteiger partial charge on any atom is -0.339 e. The summed E-state index contributed by atoms with van der Waals surface area (Å²) in [4.78, 5) is 11.4. The third kappa shape index (κ3) is 4.11. The van der Waals surface area contributed by atoms with E-state index in [0.717, 1.165) is 45.6 Å². The molecular weight excluding hydrogens is 441 g/mol. The first-order valence-electron chi connectivity index (χ1n) is 10.6. The van der Waals surface area contributed by atoms with Crippen LogP contribution in [0.5, 0.6) is 0 Å². The Morgan fingerprint density at radius 3 is 2.52 bits per heavy atom. The van der Waals surface area contributed by atoms with Crippen LogP contribution in [0, 0.1) is 5.82 Å². The largest absolute Gasteiger partial charge is 0.357 e. The molecule has 4 aromatic rings. The summed E-state index contributed by atoms with van der Waals surface area (Å²) in [6.45, 7) is 2.79. The van der Waals surface area contributed by atoms with E-state index in [-0.39, 0.29) is 5.82 Å². The summed E-state index contributed by atoms with van der Waals surface area (Å²) in [6, 6.07) is 20.1. The van der Waals surface area contributed by atoms with E-state index in [4.69, 9.17) is 16.1 Å². The van der Waals surface area contributed by atoms with Gasteiger partial charge in [-0.2, -0.15) is 0 Å². The molecule has 0 amide bonds. The summed E-state index contributed by atoms with van der Waals surface area (Å²) >= 11 is 6.49. The third-order valence-electron chi connectivity index (χ3n) is 5.82. The van der Waals surface area contributed by atoms with Crippen molar-refractivity contribution in [3.8, 4) is 11.3 Å². The maximum absolute atomic E-state index is 13.8. The zero-order valence-electron chi connectivity index (χ0n) is 17.8. The van der Waals surface area contributed by atoms with Crippen molar-refractivity contribution in [3.05, 3.63) is 110 Å². The van der Waals surface area contributed by atoms with Crippen LogP contribution in [-0.4, -0.2) is 5.16 Å². The van der Waals surface area contributed by atoms with Gasteiger partial charge >= 0.3 is 5.63 Å². The monoisotopic (exact) mass is 461 g/mol. The Morgan fingerprint density at radius 2 is 1.82 bits per heavy atom. The predicted molar refractivity (Wildman–Crippen MR) is 129 cm³/mol. The molecule has 0 unspecified atom stereocenters. The Morgan fingerprint density at radius 1 is 1.03 bits per heavy atom. The number of hydrogen-bond acceptors (Lipinski definition) is 4. The highest BCUT2D eigenvalue weighted by molar-refractivity contribution is 6.32. The molecule has 0 bridgehead atoms. The second-order valence-corrected chi connectivity index (χ2v) is 8.25. The molecule has 5 rings (SSSR count). The van der Waals surface area contributed by atoms with Crippen LogP contribution < -0.4 is 16.5 Å². The van der Waals surface area contributed by atoms with Gasteiger partial charge in [0.15, 0.2) is 0 Å². The molecule has 0 fully saturated rings. The van der Waals surface area contributed by atoms with Gasteiger partial charge in [0, 0.05) is 12.1 Å². The molecule has 0 saturated heterocycles. The molecule has 0 radical (unpaired) electrons. The van der Waals surface area contributed by atoms with Crippen molar-refractivity contribution in [3.63, 3.8) is 0 Å². The molecule has 1 aliphatic heterocycles. The van der Waals surface area contributed by atoms with Crippen molar-refractivity contribution < 1.29 is 8.91 Å². The first-order chi connectivity index (χ1) is 16.0. The van der Waals surface area contributed by atoms with Gasteiger partial charge in [0.25, 0.3) is 0 Å². The van der Waals surface area contributed by atoms with E-state index < -0.39 is 5.63 Å². The summed E-state index contributed by atoms with van der Waals surface area (Å²) in [5, 5.41) is 3.01. The molecule has 1 aromatic heterocycles. The molecule has 33 heavy (non-hydrogen) atoms. The van der Waals surface area contributed by atoms with Crippen LogP contribution in [0.15, 0.2) is 76.0 Å². The first kappa shape index (κ1) is 21.2. The number of halogens is 2. The number of benzene rings is 3. The van der Waals surface area contributed by atoms with E-state index in [1.807, 2.05) is 24.3 Å². The highest BCUT2D eigenvalue weighted by Crippen LogP contribution is 2.39. The van der Waals surface area contributed by atoms with Crippen LogP contribution in [0.2, 0.25) is 5.02 Å². The minimum absolute atomic E-state index is 0.367. The highest BCUT2D eigenvalue weighted by atomic mass is 35.5. The Kier molecular flexibility index (Phi) is 5.62. The fourth-order valence-electron chi connectivity index (χ4n) is 4.24. The SMILES string of the molecule is CC/C(=C(/c1ccc(-c2cc(=O)o[nH]2)cc1)c1ccc2c(c1)CNN2)c1ccc(F)cc1Cl. The Balaban J connectivity index is 1.70. The normalized spacial score (nSPS) is 13.4. The van der Waals surface area contributed by atoms with Gasteiger partial charge in [-0.1, -0.05) is 54.9 Å². The molecule has 166 valence electrons. The van der Waals surface area contributed by atoms with Gasteiger partial charge in [-0.3, -0.25) is 0 Å². The topological polar surface area (TPSA) is 70.1 Å². The lowest BCUT2D eigenvalue weighted by Gasteiger charge is -2.18. The van der Waals surface area contributed by atoms with Crippen molar-refractivity contribution >= 4 is 28.4 Å². The lowest BCUT2D eigenvalue weighted by atomic mass is 9.87. The molecule has 3 N–H and O–H groups in total. The minimum atomic E-state index is -0.422. The lowest BCUT2D eigenvalue weighted by Crippen LogP contribution is -2.10. The number of rotatable bonds is 5. The van der Waals surface area contributed by atoms with Crippen LogP contribution in [0.1, 0.15) is 35.6 Å². The number of H-pyrrole nitrogens is 1. The van der Waals surface area contributed by atoms with Crippen molar-refractivity contribution in [2.45, 2.75) is 19.9 Å². The maximum Gasteiger partial charge on any atom is 0.357 e. The van der Waals surface area contributed by atoms with Crippen LogP contribution in [0.3, 0.4) is 0 Å². The summed E-state index contributed by atoms with van der Waals surface area (Å²) in [5.74, 6) is -0.367. The van der Waals surface area contributed by atoms with Crippen LogP contribution in [0.25, 0.3) is 22.4 Å². The fourth-order valence-corrected chi connectivity index (χ4v) is 4.53. The van der Waals surface area contributed by atoms with E-state index in [9.17, 15) is 9.18 Å². The number of aromatic amines is 1. The number of allylic oxidation sites excluding steroid dienone is 1. The average molecular weight is 462 g/mol. The number of fused-ring (bicyclic) bond motifs is 1. The number of anilines is 1. The van der Waals surface area contributed by atoms with E-state index in [1.54, 1.807) is 6.07 Å². The number of nitrogens with one attached hydrogen (secondary N) is 3. The van der Waals surface area contributed by atoms with Crippen molar-refractivity contribution in [1.29, 1.82) is 0 Å². The van der Waals surface area contributed by atoms with Crippen LogP contribution in [-0.2, 0) is 6.54 Å². The van der Waals surface area contributed by atoms with Crippen molar-refractivity contribution in [2.24, 2.45) is 0 Å². The lowest BCUT2D eigenvalue weighted by molar-refractivity contribution is 0.394. The number of aromatic nitrogens is 1. The van der Waals surface area contributed by atoms with Crippen LogP contribution in [0.4, 0.5) is 10.1 Å². The Labute approximate surface area is 194 Å². The molecule has 5 nitrogen and oxygen atoms in total. The van der Waals surface area contributed by atoms with E-state index in [0.29, 0.717) is 17.1 Å². The highest BCUT2D eigenvalue weighted by Gasteiger charge is 2.18. The summed E-state index contributed by atoms with van der Waals surface area (Å²) in [5.41, 5.74) is 14.4. The fraction of sp³-hybridized carbons (Fsp3) is 0.115. The van der Waals surface area contributed by atoms with Crippen molar-refractivity contribution in [1.82, 2.24) is 10.6 Å². The Hall–Kier alpha value is -3.61. The van der Waals surface area contributed by atoms with Gasteiger partial charge in [-0.05, 0) is 64.1 Å². The van der Waals surface area contributed by atoms with Gasteiger partial charge < -0.3 is 9.95 Å². The summed E-state index contributed by atoms with van der Waals surface area (Å²) < 4.78 is 18.6. The molecule has 3 aromatic carbocycles. The Bertz CT molecular complexity index is 1420. The molecule has 0 atom stereocenters. The van der Waals surface area contributed by atoms with E-state index in [2.05, 4.69) is 41.1 Å². The molecule has 0 saturated carbocycles. The van der Waals surface area contributed by atoms with E-state index >= 15 is 0 Å². The van der Waals surface area contributed by atoms with Gasteiger partial charge in [0.05, 0.1) is 22.5 Å². The maximum atomic E-state index is 13.8. The van der Waals surface area contributed by atoms with Gasteiger partial charge in [0.2, 0.25) is 0 Å². The number of hydrogen-bond donors (Lipinski definition) is 3. The third-order valence-corrected chi connectivity index (χ3v) is 6.13. The molecule has 7 heteroatoms. The predicted octanol–water partition coefficient (Wildman–Crippen LogP) is 6.23. The molecule has 0 aliphatic carbocycles. The quantitative estimate of drug-likeness (QED) is 0.308. The summed E-state index contributed by atoms with van der Waals surface area (Å²) in [6.07, 6.45) is 0.699. The van der Waals surface area contributed by atoms with Gasteiger partial charge in [0.1, 0.15) is 5.82 Å². The van der Waals surface area contributed by atoms with Crippen LogP contribution >= 0.6 is 11.6 Å². The zero-order chi connectivity index (χ0) is 22.9. The zero-order valence-corrected chi connectivity index (χ0v) is 18.6. The average Bonchev–Trinajstić information content (AvgIpc) is 3.46. The van der Waals surface area contributed by atoms with E-state index in [1.165, 1.54) is 23.8 Å². The second-order valence-electron chi connectivity index (χ2n) is 7.84. The van der Waals surface area contributed by atoms with Crippen molar-refractivity contribution in [2.75, 3.05) is 5.43 Å². The van der Waals surface area contributed by atoms with Gasteiger partial charge in [-0.25, -0.2) is 19.8 Å². The molecule has 1 aliphatic rings. The molecular formula is C26H21ClFN3O2. The second kappa shape index (κ2) is 8.73. The molecule has 0 spiro atoms. The smallest absolute Gasteiger partial charge is 0.339 e. The van der Waals surface area contributed by atoms with Gasteiger partial charge in [-0.15, -0.1) is 0 Å². The summed E-state index contributed by atoms with van der Waals surface area (Å²) in [7, 11) is 0. The standard InChI is InChI=1S/C26H21ClFN3O2/c1-2-20(21-9-8-19(28)12-22(21)27)26(17-7-10-23-18(11-17)14-29-30-23)16-5-3-15(4-6-16)24-13-25(32)33-31-24/h3-13,29-31H,2,14H2,1H3/b26-20+. The first-order valence-corrected chi connectivity index (χ1v) is 11.0. The molecule has 2 heterocycles.